The van der Waals surface area contributed by atoms with Gasteiger partial charge in [-0.05, 0) is 25.7 Å². The highest BCUT2D eigenvalue weighted by atomic mass is 16.5. The molecule has 1 unspecified atom stereocenters. The molecular formula is C17H25N3O3. The van der Waals surface area contributed by atoms with E-state index in [0.29, 0.717) is 18.8 Å². The molecule has 0 aromatic carbocycles. The molecule has 2 aliphatic rings. The Labute approximate surface area is 136 Å². The molecule has 0 aliphatic carbocycles. The first-order valence-corrected chi connectivity index (χ1v) is 8.53. The summed E-state index contributed by atoms with van der Waals surface area (Å²) in [5, 5.41) is 9.61. The van der Waals surface area contributed by atoms with Crippen LogP contribution in [-0.2, 0) is 9.53 Å². The van der Waals surface area contributed by atoms with Crippen molar-refractivity contribution in [3.8, 4) is 0 Å². The highest BCUT2D eigenvalue weighted by Crippen LogP contribution is 2.37. The summed E-state index contributed by atoms with van der Waals surface area (Å²) in [5.74, 6) is 0.627. The summed E-state index contributed by atoms with van der Waals surface area (Å²) < 4.78 is 5.44. The molecule has 1 atom stereocenters. The summed E-state index contributed by atoms with van der Waals surface area (Å²) in [6.45, 7) is 5.06. The number of aromatic nitrogens is 2. The molecule has 23 heavy (non-hydrogen) atoms. The number of nitrogens with zero attached hydrogens (tertiary/aromatic N) is 3. The lowest BCUT2D eigenvalue weighted by Crippen LogP contribution is -2.44. The molecule has 0 radical (unpaired) electrons. The van der Waals surface area contributed by atoms with Crippen LogP contribution in [0.15, 0.2) is 12.4 Å². The third-order valence-corrected chi connectivity index (χ3v) is 5.25. The van der Waals surface area contributed by atoms with Crippen molar-refractivity contribution in [3.05, 3.63) is 18.1 Å². The highest BCUT2D eigenvalue weighted by Gasteiger charge is 2.40. The second-order valence-corrected chi connectivity index (χ2v) is 6.68. The SMILES string of the molecule is CCCC1(C(=O)O)CCN(c2cc(C3CCOC3)ncn2)CC1. The van der Waals surface area contributed by atoms with Crippen molar-refractivity contribution >= 4 is 11.8 Å². The number of carboxylic acids is 1. The standard InChI is InChI=1S/C17H25N3O3/c1-2-4-17(16(21)22)5-7-20(8-6-17)15-10-14(18-12-19-15)13-3-9-23-11-13/h10,12-13H,2-9,11H2,1H3,(H,21,22). The highest BCUT2D eigenvalue weighted by molar-refractivity contribution is 5.75. The van der Waals surface area contributed by atoms with E-state index in [1.165, 1.54) is 0 Å². The molecule has 0 saturated carbocycles. The number of anilines is 1. The Morgan fingerprint density at radius 3 is 2.83 bits per heavy atom. The minimum absolute atomic E-state index is 0.361. The maximum Gasteiger partial charge on any atom is 0.309 e. The average Bonchev–Trinajstić information content (AvgIpc) is 3.10. The Morgan fingerprint density at radius 1 is 1.43 bits per heavy atom. The van der Waals surface area contributed by atoms with E-state index in [1.54, 1.807) is 6.33 Å². The van der Waals surface area contributed by atoms with E-state index in [-0.39, 0.29) is 0 Å². The van der Waals surface area contributed by atoms with Crippen LogP contribution in [-0.4, -0.2) is 47.3 Å². The molecule has 2 saturated heterocycles. The number of hydrogen-bond acceptors (Lipinski definition) is 5. The van der Waals surface area contributed by atoms with Crippen LogP contribution in [0.2, 0.25) is 0 Å². The first-order valence-electron chi connectivity index (χ1n) is 8.53. The van der Waals surface area contributed by atoms with Gasteiger partial charge >= 0.3 is 5.97 Å². The van der Waals surface area contributed by atoms with E-state index in [2.05, 4.69) is 21.8 Å². The summed E-state index contributed by atoms with van der Waals surface area (Å²) in [4.78, 5) is 22.7. The second-order valence-electron chi connectivity index (χ2n) is 6.68. The molecule has 0 spiro atoms. The molecule has 2 fully saturated rings. The van der Waals surface area contributed by atoms with Crippen LogP contribution in [0, 0.1) is 5.41 Å². The van der Waals surface area contributed by atoms with Crippen LogP contribution in [0.1, 0.15) is 50.6 Å². The predicted molar refractivity (Wildman–Crippen MR) is 86.6 cm³/mol. The minimum atomic E-state index is -0.648. The van der Waals surface area contributed by atoms with Gasteiger partial charge in [-0.3, -0.25) is 4.79 Å². The number of piperidine rings is 1. The van der Waals surface area contributed by atoms with Gasteiger partial charge in [0.15, 0.2) is 0 Å². The molecular weight excluding hydrogens is 294 g/mol. The van der Waals surface area contributed by atoms with Gasteiger partial charge in [0, 0.05) is 31.7 Å². The van der Waals surface area contributed by atoms with Gasteiger partial charge in [-0.2, -0.15) is 0 Å². The van der Waals surface area contributed by atoms with Crippen molar-refractivity contribution in [2.75, 3.05) is 31.2 Å². The number of aliphatic carboxylic acids is 1. The first-order chi connectivity index (χ1) is 11.1. The summed E-state index contributed by atoms with van der Waals surface area (Å²) in [5.41, 5.74) is 0.483. The molecule has 0 amide bonds. The van der Waals surface area contributed by atoms with E-state index >= 15 is 0 Å². The lowest BCUT2D eigenvalue weighted by Gasteiger charge is -2.39. The third kappa shape index (κ3) is 3.32. The maximum atomic E-state index is 11.7. The van der Waals surface area contributed by atoms with Crippen molar-refractivity contribution in [1.29, 1.82) is 0 Å². The van der Waals surface area contributed by atoms with Crippen LogP contribution in [0.5, 0.6) is 0 Å². The van der Waals surface area contributed by atoms with Crippen LogP contribution in [0.4, 0.5) is 5.82 Å². The average molecular weight is 319 g/mol. The second kappa shape index (κ2) is 6.83. The smallest absolute Gasteiger partial charge is 0.309 e. The minimum Gasteiger partial charge on any atom is -0.481 e. The summed E-state index contributed by atoms with van der Waals surface area (Å²) in [7, 11) is 0. The summed E-state index contributed by atoms with van der Waals surface area (Å²) in [6.07, 6.45) is 5.66. The Morgan fingerprint density at radius 2 is 2.22 bits per heavy atom. The number of rotatable bonds is 5. The Bertz CT molecular complexity index is 550. The van der Waals surface area contributed by atoms with Gasteiger partial charge in [-0.25, -0.2) is 9.97 Å². The topological polar surface area (TPSA) is 75.5 Å². The molecule has 6 heteroatoms. The van der Waals surface area contributed by atoms with E-state index in [9.17, 15) is 9.90 Å². The van der Waals surface area contributed by atoms with Gasteiger partial charge in [0.05, 0.1) is 17.7 Å². The van der Waals surface area contributed by atoms with Gasteiger partial charge in [-0.15, -0.1) is 0 Å². The first kappa shape index (κ1) is 16.2. The molecule has 0 bridgehead atoms. The Balaban J connectivity index is 1.70. The monoisotopic (exact) mass is 319 g/mol. The fourth-order valence-corrected chi connectivity index (χ4v) is 3.74. The van der Waals surface area contributed by atoms with Gasteiger partial charge < -0.3 is 14.7 Å². The van der Waals surface area contributed by atoms with Gasteiger partial charge in [0.2, 0.25) is 0 Å². The zero-order chi connectivity index (χ0) is 16.3. The maximum absolute atomic E-state index is 11.7. The van der Waals surface area contributed by atoms with Crippen molar-refractivity contribution in [2.45, 2.75) is 44.9 Å². The van der Waals surface area contributed by atoms with Crippen LogP contribution >= 0.6 is 0 Å². The lowest BCUT2D eigenvalue weighted by molar-refractivity contribution is -0.150. The summed E-state index contributed by atoms with van der Waals surface area (Å²) >= 11 is 0. The van der Waals surface area contributed by atoms with Crippen molar-refractivity contribution in [2.24, 2.45) is 5.41 Å². The Hall–Kier alpha value is -1.69. The molecule has 6 nitrogen and oxygen atoms in total. The van der Waals surface area contributed by atoms with Crippen molar-refractivity contribution in [3.63, 3.8) is 0 Å². The fourth-order valence-electron chi connectivity index (χ4n) is 3.74. The van der Waals surface area contributed by atoms with Crippen molar-refractivity contribution in [1.82, 2.24) is 9.97 Å². The van der Waals surface area contributed by atoms with Crippen LogP contribution < -0.4 is 4.90 Å². The molecule has 2 aliphatic heterocycles. The van der Waals surface area contributed by atoms with E-state index in [4.69, 9.17) is 4.74 Å². The Kier molecular flexibility index (Phi) is 4.80. The van der Waals surface area contributed by atoms with E-state index < -0.39 is 11.4 Å². The van der Waals surface area contributed by atoms with E-state index in [1.807, 2.05) is 6.07 Å². The molecule has 1 aromatic rings. The molecule has 3 heterocycles. The fraction of sp³-hybridized carbons (Fsp3) is 0.706. The van der Waals surface area contributed by atoms with Gasteiger partial charge in [0.25, 0.3) is 0 Å². The van der Waals surface area contributed by atoms with Crippen LogP contribution in [0.25, 0.3) is 0 Å². The predicted octanol–water partition coefficient (Wildman–Crippen LogP) is 2.45. The zero-order valence-corrected chi connectivity index (χ0v) is 13.7. The zero-order valence-electron chi connectivity index (χ0n) is 13.7. The molecule has 1 aromatic heterocycles. The van der Waals surface area contributed by atoms with E-state index in [0.717, 1.165) is 57.1 Å². The van der Waals surface area contributed by atoms with Gasteiger partial charge in [0.1, 0.15) is 12.1 Å². The number of carboxylic acid groups (broad SMARTS) is 1. The molecule has 3 rings (SSSR count). The third-order valence-electron chi connectivity index (χ3n) is 5.25. The molecule has 1 N–H and O–H groups in total. The normalized spacial score (nSPS) is 23.9. The summed E-state index contributed by atoms with van der Waals surface area (Å²) in [6, 6.07) is 2.05. The largest absolute Gasteiger partial charge is 0.481 e. The number of ether oxygens (including phenoxy) is 1. The van der Waals surface area contributed by atoms with Crippen molar-refractivity contribution < 1.29 is 14.6 Å². The number of hydrogen-bond donors (Lipinski definition) is 1. The quantitative estimate of drug-likeness (QED) is 0.898. The lowest BCUT2D eigenvalue weighted by atomic mass is 9.75. The molecule has 126 valence electrons. The van der Waals surface area contributed by atoms with Crippen LogP contribution in [0.3, 0.4) is 0 Å². The van der Waals surface area contributed by atoms with Gasteiger partial charge in [-0.1, -0.05) is 13.3 Å². The number of carbonyl (C=O) groups is 1.